The lowest BCUT2D eigenvalue weighted by Crippen LogP contribution is -2.45. The van der Waals surface area contributed by atoms with Crippen LogP contribution < -0.4 is 5.73 Å². The number of halogens is 1. The molecule has 1 saturated carbocycles. The van der Waals surface area contributed by atoms with Crippen LogP contribution in [0, 0.1) is 5.92 Å². The zero-order chi connectivity index (χ0) is 15.7. The third-order valence-corrected chi connectivity index (χ3v) is 5.39. The zero-order valence-electron chi connectivity index (χ0n) is 12.6. The predicted molar refractivity (Wildman–Crippen MR) is 85.5 cm³/mol. The van der Waals surface area contributed by atoms with Gasteiger partial charge in [-0.1, -0.05) is 36.6 Å². The molecule has 4 nitrogen and oxygen atoms in total. The van der Waals surface area contributed by atoms with Gasteiger partial charge in [0.25, 0.3) is 0 Å². The number of hydrogen-bond donors (Lipinski definition) is 1. The Labute approximate surface area is 135 Å². The molecule has 1 saturated heterocycles. The lowest BCUT2D eigenvalue weighted by molar-refractivity contribution is -0.136. The molecule has 0 bridgehead atoms. The average molecular weight is 321 g/mol. The Morgan fingerprint density at radius 3 is 2.36 bits per heavy atom. The summed E-state index contributed by atoms with van der Waals surface area (Å²) in [6.45, 7) is 1.09. The van der Waals surface area contributed by atoms with Gasteiger partial charge in [-0.2, -0.15) is 0 Å². The van der Waals surface area contributed by atoms with Crippen molar-refractivity contribution in [2.45, 2.75) is 37.5 Å². The van der Waals surface area contributed by atoms with Crippen LogP contribution in [0.4, 0.5) is 0 Å². The Kier molecular flexibility index (Phi) is 4.13. The van der Waals surface area contributed by atoms with Gasteiger partial charge in [-0.3, -0.25) is 9.59 Å². The molecular weight excluding hydrogens is 300 g/mol. The number of carbonyl (C=O) groups excluding carboxylic acids is 2. The van der Waals surface area contributed by atoms with Crippen LogP contribution in [-0.4, -0.2) is 29.8 Å². The summed E-state index contributed by atoms with van der Waals surface area (Å²) in [4.78, 5) is 26.3. The molecule has 118 valence electrons. The topological polar surface area (TPSA) is 63.4 Å². The minimum absolute atomic E-state index is 0.149. The highest BCUT2D eigenvalue weighted by molar-refractivity contribution is 6.30. The summed E-state index contributed by atoms with van der Waals surface area (Å²) in [7, 11) is 0. The van der Waals surface area contributed by atoms with Gasteiger partial charge < -0.3 is 10.6 Å². The van der Waals surface area contributed by atoms with Crippen molar-refractivity contribution in [3.05, 3.63) is 34.9 Å². The molecule has 2 aliphatic rings. The Hall–Kier alpha value is -1.55. The first-order valence-corrected chi connectivity index (χ1v) is 8.25. The highest BCUT2D eigenvalue weighted by Gasteiger charge is 2.46. The Morgan fingerprint density at radius 2 is 1.82 bits per heavy atom. The van der Waals surface area contributed by atoms with Gasteiger partial charge >= 0.3 is 0 Å². The Bertz CT molecular complexity index is 579. The van der Waals surface area contributed by atoms with E-state index in [-0.39, 0.29) is 17.7 Å². The number of nitrogens with zero attached hydrogens (tertiary/aromatic N) is 1. The van der Waals surface area contributed by atoms with Crippen LogP contribution in [0.15, 0.2) is 24.3 Å². The van der Waals surface area contributed by atoms with Crippen molar-refractivity contribution in [3.8, 4) is 0 Å². The van der Waals surface area contributed by atoms with Crippen molar-refractivity contribution < 1.29 is 9.59 Å². The Balaban J connectivity index is 1.86. The Morgan fingerprint density at radius 1 is 1.18 bits per heavy atom. The van der Waals surface area contributed by atoms with Crippen molar-refractivity contribution in [2.75, 3.05) is 13.1 Å². The SMILES string of the molecule is NC(=O)[C@@H]1CCN(C(=O)C2(c3ccc(Cl)cc3)CCCC2)C1. The summed E-state index contributed by atoms with van der Waals surface area (Å²) in [6.07, 6.45) is 4.52. The third-order valence-electron chi connectivity index (χ3n) is 5.14. The number of nitrogens with two attached hydrogens (primary N) is 1. The van der Waals surface area contributed by atoms with E-state index in [0.717, 1.165) is 31.2 Å². The van der Waals surface area contributed by atoms with Gasteiger partial charge in [0.2, 0.25) is 11.8 Å². The summed E-state index contributed by atoms with van der Waals surface area (Å²) in [5.41, 5.74) is 5.98. The molecular formula is C17H21ClN2O2. The summed E-state index contributed by atoms with van der Waals surface area (Å²) < 4.78 is 0. The minimum atomic E-state index is -0.447. The van der Waals surface area contributed by atoms with E-state index < -0.39 is 5.41 Å². The van der Waals surface area contributed by atoms with Gasteiger partial charge in [-0.15, -0.1) is 0 Å². The smallest absolute Gasteiger partial charge is 0.233 e. The molecule has 0 spiro atoms. The molecule has 3 rings (SSSR count). The van der Waals surface area contributed by atoms with E-state index in [1.165, 1.54) is 0 Å². The first kappa shape index (κ1) is 15.3. The second-order valence-electron chi connectivity index (χ2n) is 6.44. The first-order chi connectivity index (χ1) is 10.5. The predicted octanol–water partition coefficient (Wildman–Crippen LogP) is 2.49. The molecule has 1 heterocycles. The van der Waals surface area contributed by atoms with E-state index in [2.05, 4.69) is 0 Å². The molecule has 0 unspecified atom stereocenters. The van der Waals surface area contributed by atoms with Gasteiger partial charge in [-0.05, 0) is 37.0 Å². The van der Waals surface area contributed by atoms with E-state index in [1.54, 1.807) is 0 Å². The zero-order valence-corrected chi connectivity index (χ0v) is 13.3. The van der Waals surface area contributed by atoms with Crippen molar-refractivity contribution in [2.24, 2.45) is 11.7 Å². The molecule has 0 radical (unpaired) electrons. The van der Waals surface area contributed by atoms with E-state index in [4.69, 9.17) is 17.3 Å². The fourth-order valence-electron chi connectivity index (χ4n) is 3.85. The largest absolute Gasteiger partial charge is 0.369 e. The summed E-state index contributed by atoms with van der Waals surface area (Å²) in [5, 5.41) is 0.680. The highest BCUT2D eigenvalue weighted by atomic mass is 35.5. The van der Waals surface area contributed by atoms with E-state index in [1.807, 2.05) is 29.2 Å². The van der Waals surface area contributed by atoms with Crippen LogP contribution in [0.25, 0.3) is 0 Å². The molecule has 2 fully saturated rings. The monoisotopic (exact) mass is 320 g/mol. The average Bonchev–Trinajstić information content (AvgIpc) is 3.17. The van der Waals surface area contributed by atoms with Crippen molar-refractivity contribution in [1.29, 1.82) is 0 Å². The fourth-order valence-corrected chi connectivity index (χ4v) is 3.98. The second kappa shape index (κ2) is 5.92. The van der Waals surface area contributed by atoms with Gasteiger partial charge in [0.15, 0.2) is 0 Å². The lowest BCUT2D eigenvalue weighted by atomic mass is 9.77. The maximum Gasteiger partial charge on any atom is 0.233 e. The number of carbonyl (C=O) groups is 2. The molecule has 1 aliphatic carbocycles. The van der Waals surface area contributed by atoms with Crippen molar-refractivity contribution in [1.82, 2.24) is 4.90 Å². The molecule has 2 N–H and O–H groups in total. The lowest BCUT2D eigenvalue weighted by Gasteiger charge is -2.33. The first-order valence-electron chi connectivity index (χ1n) is 7.88. The van der Waals surface area contributed by atoms with Gasteiger partial charge in [-0.25, -0.2) is 0 Å². The number of benzene rings is 1. The number of rotatable bonds is 3. The van der Waals surface area contributed by atoms with E-state index in [9.17, 15) is 9.59 Å². The summed E-state index contributed by atoms with van der Waals surface area (Å²) in [5.74, 6) is -0.356. The summed E-state index contributed by atoms with van der Waals surface area (Å²) in [6, 6.07) is 7.63. The number of primary amides is 1. The molecule has 1 atom stereocenters. The van der Waals surface area contributed by atoms with Crippen LogP contribution in [-0.2, 0) is 15.0 Å². The second-order valence-corrected chi connectivity index (χ2v) is 6.87. The van der Waals surface area contributed by atoms with Crippen LogP contribution in [0.3, 0.4) is 0 Å². The third kappa shape index (κ3) is 2.60. The molecule has 1 aliphatic heterocycles. The minimum Gasteiger partial charge on any atom is -0.369 e. The number of hydrogen-bond acceptors (Lipinski definition) is 2. The fraction of sp³-hybridized carbons (Fsp3) is 0.529. The molecule has 5 heteroatoms. The standard InChI is InChI=1S/C17H21ClN2O2/c18-14-5-3-13(4-6-14)17(8-1-2-9-17)16(22)20-10-7-12(11-20)15(19)21/h3-6,12H,1-2,7-11H2,(H2,19,21)/t12-/m1/s1. The normalized spacial score (nSPS) is 23.7. The van der Waals surface area contributed by atoms with Crippen LogP contribution in [0.5, 0.6) is 0 Å². The maximum atomic E-state index is 13.2. The van der Waals surface area contributed by atoms with Crippen molar-refractivity contribution >= 4 is 23.4 Å². The van der Waals surface area contributed by atoms with Crippen molar-refractivity contribution in [3.63, 3.8) is 0 Å². The molecule has 0 aromatic heterocycles. The van der Waals surface area contributed by atoms with Crippen LogP contribution in [0.1, 0.15) is 37.7 Å². The van der Waals surface area contributed by atoms with Crippen LogP contribution in [0.2, 0.25) is 5.02 Å². The van der Waals surface area contributed by atoms with Gasteiger partial charge in [0.1, 0.15) is 0 Å². The van der Waals surface area contributed by atoms with E-state index >= 15 is 0 Å². The summed E-state index contributed by atoms with van der Waals surface area (Å²) >= 11 is 5.98. The molecule has 1 aromatic rings. The molecule has 2 amide bonds. The highest BCUT2D eigenvalue weighted by Crippen LogP contribution is 2.43. The molecule has 22 heavy (non-hydrogen) atoms. The number of likely N-dealkylation sites (tertiary alicyclic amines) is 1. The maximum absolute atomic E-state index is 13.2. The van der Waals surface area contributed by atoms with Crippen LogP contribution >= 0.6 is 11.6 Å². The quantitative estimate of drug-likeness (QED) is 0.930. The van der Waals surface area contributed by atoms with Gasteiger partial charge in [0.05, 0.1) is 11.3 Å². The molecule has 1 aromatic carbocycles. The van der Waals surface area contributed by atoms with E-state index in [0.29, 0.717) is 24.5 Å². The van der Waals surface area contributed by atoms with Gasteiger partial charge in [0, 0.05) is 18.1 Å². The number of amides is 2.